The molecule has 0 bridgehead atoms. The van der Waals surface area contributed by atoms with Crippen LogP contribution in [-0.2, 0) is 10.0 Å². The van der Waals surface area contributed by atoms with E-state index in [4.69, 9.17) is 5.73 Å². The van der Waals surface area contributed by atoms with Gasteiger partial charge >= 0.3 is 0 Å². The molecule has 5 nitrogen and oxygen atoms in total. The Morgan fingerprint density at radius 1 is 1.35 bits per heavy atom. The lowest BCUT2D eigenvalue weighted by molar-refractivity contribution is 0.516. The zero-order valence-electron chi connectivity index (χ0n) is 11.4. The molecule has 0 aliphatic carbocycles. The van der Waals surface area contributed by atoms with Gasteiger partial charge in [0.2, 0.25) is 10.0 Å². The second-order valence-corrected chi connectivity index (χ2v) is 6.62. The van der Waals surface area contributed by atoms with Crippen molar-refractivity contribution in [3.05, 3.63) is 36.7 Å². The van der Waals surface area contributed by atoms with Crippen LogP contribution in [0.5, 0.6) is 0 Å². The standard InChI is InChI=1S/C14H19N3O2S/c1-11(5-7-15)9-17-20(18,19)14-4-2-3-12-10-16-8-6-13(12)14/h2-4,6,8,10-11,17H,5,7,9,15H2,1H3. The fourth-order valence-corrected chi connectivity index (χ4v) is 3.44. The highest BCUT2D eigenvalue weighted by atomic mass is 32.2. The summed E-state index contributed by atoms with van der Waals surface area (Å²) < 4.78 is 27.4. The molecule has 6 heteroatoms. The molecule has 1 aromatic heterocycles. The summed E-state index contributed by atoms with van der Waals surface area (Å²) >= 11 is 0. The Bertz CT molecular complexity index is 680. The summed E-state index contributed by atoms with van der Waals surface area (Å²) in [4.78, 5) is 4.29. The molecule has 2 rings (SSSR count). The summed E-state index contributed by atoms with van der Waals surface area (Å²) in [5, 5.41) is 1.49. The molecular formula is C14H19N3O2S. The van der Waals surface area contributed by atoms with Gasteiger partial charge in [0.15, 0.2) is 0 Å². The predicted octanol–water partition coefficient (Wildman–Crippen LogP) is 1.50. The zero-order chi connectivity index (χ0) is 14.6. The van der Waals surface area contributed by atoms with Crippen molar-refractivity contribution in [3.8, 4) is 0 Å². The quantitative estimate of drug-likeness (QED) is 0.845. The van der Waals surface area contributed by atoms with Crippen molar-refractivity contribution in [2.75, 3.05) is 13.1 Å². The number of hydrogen-bond donors (Lipinski definition) is 2. The summed E-state index contributed by atoms with van der Waals surface area (Å²) in [7, 11) is -3.52. The lowest BCUT2D eigenvalue weighted by atomic mass is 10.1. The molecule has 20 heavy (non-hydrogen) atoms. The molecule has 0 aliphatic rings. The number of sulfonamides is 1. The summed E-state index contributed by atoms with van der Waals surface area (Å²) in [6.07, 6.45) is 4.05. The van der Waals surface area contributed by atoms with Crippen molar-refractivity contribution in [1.29, 1.82) is 0 Å². The van der Waals surface area contributed by atoms with Crippen molar-refractivity contribution in [3.63, 3.8) is 0 Å². The van der Waals surface area contributed by atoms with Gasteiger partial charge in [-0.25, -0.2) is 13.1 Å². The second-order valence-electron chi connectivity index (χ2n) is 4.89. The molecule has 0 spiro atoms. The van der Waals surface area contributed by atoms with E-state index in [0.717, 1.165) is 11.8 Å². The summed E-state index contributed by atoms with van der Waals surface area (Å²) in [6, 6.07) is 6.89. The van der Waals surface area contributed by atoms with E-state index in [1.54, 1.807) is 30.6 Å². The normalized spacial score (nSPS) is 13.5. The van der Waals surface area contributed by atoms with Crippen LogP contribution >= 0.6 is 0 Å². The molecule has 2 aromatic rings. The number of nitrogens with two attached hydrogens (primary N) is 1. The van der Waals surface area contributed by atoms with E-state index in [2.05, 4.69) is 9.71 Å². The molecule has 0 fully saturated rings. The Labute approximate surface area is 119 Å². The Balaban J connectivity index is 2.28. The highest BCUT2D eigenvalue weighted by Gasteiger charge is 2.17. The highest BCUT2D eigenvalue weighted by molar-refractivity contribution is 7.89. The number of nitrogens with one attached hydrogen (secondary N) is 1. The Hall–Kier alpha value is -1.50. The van der Waals surface area contributed by atoms with E-state index in [-0.39, 0.29) is 10.8 Å². The maximum absolute atomic E-state index is 12.4. The third kappa shape index (κ3) is 3.33. The molecule has 1 aromatic carbocycles. The number of aromatic nitrogens is 1. The molecule has 0 saturated carbocycles. The van der Waals surface area contributed by atoms with Gasteiger partial charge in [0.25, 0.3) is 0 Å². The van der Waals surface area contributed by atoms with E-state index < -0.39 is 10.0 Å². The van der Waals surface area contributed by atoms with Crippen LogP contribution in [0.1, 0.15) is 13.3 Å². The van der Waals surface area contributed by atoms with Gasteiger partial charge in [-0.05, 0) is 31.0 Å². The maximum Gasteiger partial charge on any atom is 0.241 e. The molecule has 3 N–H and O–H groups in total. The maximum atomic E-state index is 12.4. The van der Waals surface area contributed by atoms with Gasteiger partial charge in [-0.15, -0.1) is 0 Å². The summed E-state index contributed by atoms with van der Waals surface area (Å²) in [5.41, 5.74) is 5.47. The van der Waals surface area contributed by atoms with Crippen LogP contribution in [0.15, 0.2) is 41.6 Å². The highest BCUT2D eigenvalue weighted by Crippen LogP contribution is 2.21. The second kappa shape index (κ2) is 6.30. The van der Waals surface area contributed by atoms with E-state index >= 15 is 0 Å². The number of rotatable bonds is 6. The molecule has 1 atom stereocenters. The molecule has 0 radical (unpaired) electrons. The van der Waals surface area contributed by atoms with Gasteiger partial charge in [0, 0.05) is 29.7 Å². The van der Waals surface area contributed by atoms with E-state index in [0.29, 0.717) is 18.5 Å². The first-order valence-electron chi connectivity index (χ1n) is 6.57. The largest absolute Gasteiger partial charge is 0.330 e. The van der Waals surface area contributed by atoms with Gasteiger partial charge in [-0.1, -0.05) is 19.1 Å². The third-order valence-electron chi connectivity index (χ3n) is 3.21. The molecule has 1 unspecified atom stereocenters. The van der Waals surface area contributed by atoms with Crippen LogP contribution in [-0.4, -0.2) is 26.5 Å². The number of pyridine rings is 1. The lowest BCUT2D eigenvalue weighted by Crippen LogP contribution is -2.29. The third-order valence-corrected chi connectivity index (χ3v) is 4.69. The van der Waals surface area contributed by atoms with Gasteiger partial charge in [-0.3, -0.25) is 4.98 Å². The fraction of sp³-hybridized carbons (Fsp3) is 0.357. The van der Waals surface area contributed by atoms with E-state index in [1.165, 1.54) is 0 Å². The molecule has 0 aliphatic heterocycles. The van der Waals surface area contributed by atoms with Crippen LogP contribution in [0.4, 0.5) is 0 Å². The van der Waals surface area contributed by atoms with E-state index in [9.17, 15) is 8.42 Å². The van der Waals surface area contributed by atoms with Crippen LogP contribution in [0.3, 0.4) is 0 Å². The van der Waals surface area contributed by atoms with Gasteiger partial charge < -0.3 is 5.73 Å². The molecule has 1 heterocycles. The number of hydrogen-bond acceptors (Lipinski definition) is 4. The number of nitrogens with zero attached hydrogens (tertiary/aromatic N) is 1. The SMILES string of the molecule is CC(CCN)CNS(=O)(=O)c1cccc2cnccc12. The van der Waals surface area contributed by atoms with E-state index in [1.807, 2.05) is 13.0 Å². The first-order chi connectivity index (χ1) is 9.54. The minimum absolute atomic E-state index is 0.214. The first-order valence-corrected chi connectivity index (χ1v) is 8.05. The van der Waals surface area contributed by atoms with Crippen molar-refractivity contribution >= 4 is 20.8 Å². The minimum atomic E-state index is -3.52. The van der Waals surface area contributed by atoms with Crippen LogP contribution in [0, 0.1) is 5.92 Å². The van der Waals surface area contributed by atoms with Gasteiger partial charge in [-0.2, -0.15) is 0 Å². The zero-order valence-corrected chi connectivity index (χ0v) is 12.2. The monoisotopic (exact) mass is 293 g/mol. The van der Waals surface area contributed by atoms with Crippen molar-refractivity contribution in [2.45, 2.75) is 18.2 Å². The summed E-state index contributed by atoms with van der Waals surface area (Å²) in [6.45, 7) is 2.92. The van der Waals surface area contributed by atoms with Gasteiger partial charge in [0.1, 0.15) is 0 Å². The van der Waals surface area contributed by atoms with Crippen molar-refractivity contribution in [2.24, 2.45) is 11.7 Å². The Morgan fingerprint density at radius 3 is 2.90 bits per heavy atom. The molecular weight excluding hydrogens is 274 g/mol. The average molecular weight is 293 g/mol. The van der Waals surface area contributed by atoms with Crippen molar-refractivity contribution < 1.29 is 8.42 Å². The summed E-state index contributed by atoms with van der Waals surface area (Å²) in [5.74, 6) is 0.214. The number of fused-ring (bicyclic) bond motifs is 1. The Kier molecular flexibility index (Phi) is 4.69. The van der Waals surface area contributed by atoms with Crippen LogP contribution in [0.2, 0.25) is 0 Å². The Morgan fingerprint density at radius 2 is 2.15 bits per heavy atom. The molecule has 0 saturated heterocycles. The van der Waals surface area contributed by atoms with Crippen LogP contribution in [0.25, 0.3) is 10.8 Å². The predicted molar refractivity (Wildman–Crippen MR) is 79.8 cm³/mol. The average Bonchev–Trinajstić information content (AvgIpc) is 2.45. The fourth-order valence-electron chi connectivity index (χ4n) is 2.04. The van der Waals surface area contributed by atoms with Crippen molar-refractivity contribution in [1.82, 2.24) is 9.71 Å². The molecule has 0 amide bonds. The minimum Gasteiger partial charge on any atom is -0.330 e. The van der Waals surface area contributed by atoms with Crippen LogP contribution < -0.4 is 10.5 Å². The number of benzene rings is 1. The topological polar surface area (TPSA) is 85.1 Å². The molecule has 108 valence electrons. The smallest absolute Gasteiger partial charge is 0.241 e. The van der Waals surface area contributed by atoms with Gasteiger partial charge in [0.05, 0.1) is 4.90 Å². The lowest BCUT2D eigenvalue weighted by Gasteiger charge is -2.13. The first kappa shape index (κ1) is 14.9.